The lowest BCUT2D eigenvalue weighted by Gasteiger charge is -2.11. The smallest absolute Gasteiger partial charge is 0.341 e. The Morgan fingerprint density at radius 2 is 2.10 bits per heavy atom. The fourth-order valence-electron chi connectivity index (χ4n) is 1.66. The lowest BCUT2D eigenvalue weighted by molar-refractivity contribution is 0.0527. The van der Waals surface area contributed by atoms with Crippen LogP contribution in [0.25, 0.3) is 0 Å². The third kappa shape index (κ3) is 3.77. The van der Waals surface area contributed by atoms with E-state index in [1.165, 1.54) is 12.3 Å². The van der Waals surface area contributed by atoms with Crippen molar-refractivity contribution in [1.29, 1.82) is 0 Å². The van der Waals surface area contributed by atoms with Crippen molar-refractivity contribution in [2.75, 3.05) is 17.7 Å². The molecule has 1 aromatic carbocycles. The molecular weight excluding hydrogens is 313 g/mol. The van der Waals surface area contributed by atoms with Gasteiger partial charge in [0.05, 0.1) is 28.5 Å². The Balaban J connectivity index is 2.34. The fourth-order valence-corrected chi connectivity index (χ4v) is 1.95. The van der Waals surface area contributed by atoms with E-state index >= 15 is 0 Å². The summed E-state index contributed by atoms with van der Waals surface area (Å²) in [6, 6.07) is 6.51. The molecule has 21 heavy (non-hydrogen) atoms. The molecule has 0 fully saturated rings. The van der Waals surface area contributed by atoms with Gasteiger partial charge in [-0.25, -0.2) is 9.78 Å². The molecular formula is C14H13Cl2N3O2. The van der Waals surface area contributed by atoms with Gasteiger partial charge in [0.25, 0.3) is 0 Å². The number of pyridine rings is 1. The zero-order chi connectivity index (χ0) is 15.4. The molecule has 0 amide bonds. The van der Waals surface area contributed by atoms with Crippen LogP contribution in [0, 0.1) is 0 Å². The van der Waals surface area contributed by atoms with Crippen LogP contribution in [0.2, 0.25) is 10.0 Å². The number of rotatable bonds is 4. The third-order valence-electron chi connectivity index (χ3n) is 2.59. The molecule has 0 bridgehead atoms. The number of nitrogens with two attached hydrogens (primary N) is 1. The van der Waals surface area contributed by atoms with Crippen LogP contribution >= 0.6 is 23.2 Å². The number of hydrogen-bond donors (Lipinski definition) is 2. The first-order valence-electron chi connectivity index (χ1n) is 6.16. The average Bonchev–Trinajstić information content (AvgIpc) is 2.45. The van der Waals surface area contributed by atoms with Gasteiger partial charge in [-0.1, -0.05) is 23.2 Å². The molecule has 0 aliphatic rings. The third-order valence-corrected chi connectivity index (χ3v) is 3.33. The number of carbonyl (C=O) groups is 1. The van der Waals surface area contributed by atoms with Crippen molar-refractivity contribution >= 4 is 46.4 Å². The van der Waals surface area contributed by atoms with E-state index in [-0.39, 0.29) is 12.2 Å². The van der Waals surface area contributed by atoms with Crippen LogP contribution in [0.4, 0.5) is 17.2 Å². The maximum atomic E-state index is 11.9. The number of nitrogen functional groups attached to an aromatic ring is 1. The molecule has 0 atom stereocenters. The maximum Gasteiger partial charge on any atom is 0.341 e. The van der Waals surface area contributed by atoms with Crippen molar-refractivity contribution in [2.24, 2.45) is 0 Å². The van der Waals surface area contributed by atoms with E-state index in [0.717, 1.165) is 0 Å². The van der Waals surface area contributed by atoms with E-state index in [4.69, 9.17) is 33.7 Å². The predicted octanol–water partition coefficient (Wildman–Crippen LogP) is 3.89. The highest BCUT2D eigenvalue weighted by Gasteiger charge is 2.15. The number of aromatic nitrogens is 1. The van der Waals surface area contributed by atoms with Gasteiger partial charge in [-0.2, -0.15) is 0 Å². The second-order valence-corrected chi connectivity index (χ2v) is 4.95. The van der Waals surface area contributed by atoms with E-state index < -0.39 is 5.97 Å². The molecule has 1 aromatic heterocycles. The summed E-state index contributed by atoms with van der Waals surface area (Å²) >= 11 is 11.8. The molecule has 1 heterocycles. The lowest BCUT2D eigenvalue weighted by atomic mass is 10.2. The van der Waals surface area contributed by atoms with Gasteiger partial charge in [0.2, 0.25) is 0 Å². The number of anilines is 3. The van der Waals surface area contributed by atoms with Gasteiger partial charge < -0.3 is 15.8 Å². The molecule has 0 spiro atoms. The SMILES string of the molecule is CCOC(=O)c1cc(N)cnc1Nc1ccc(Cl)c(Cl)c1. The second kappa shape index (κ2) is 6.65. The molecule has 0 radical (unpaired) electrons. The summed E-state index contributed by atoms with van der Waals surface area (Å²) in [5.74, 6) is -0.166. The van der Waals surface area contributed by atoms with Crippen LogP contribution in [0.3, 0.4) is 0 Å². The largest absolute Gasteiger partial charge is 0.462 e. The summed E-state index contributed by atoms with van der Waals surface area (Å²) in [7, 11) is 0. The van der Waals surface area contributed by atoms with E-state index in [1.54, 1.807) is 25.1 Å². The average molecular weight is 326 g/mol. The Labute approximate surface area is 132 Å². The molecule has 0 aliphatic heterocycles. The normalized spacial score (nSPS) is 10.2. The molecule has 110 valence electrons. The molecule has 2 rings (SSSR count). The first-order chi connectivity index (χ1) is 10.0. The van der Waals surface area contributed by atoms with E-state index in [2.05, 4.69) is 10.3 Å². The van der Waals surface area contributed by atoms with E-state index in [9.17, 15) is 4.79 Å². The summed E-state index contributed by atoms with van der Waals surface area (Å²) in [6.07, 6.45) is 1.45. The Bertz CT molecular complexity index is 677. The minimum absolute atomic E-state index is 0.253. The standard InChI is InChI=1S/C14H13Cl2N3O2/c1-2-21-14(20)10-5-8(17)7-18-13(10)19-9-3-4-11(15)12(16)6-9/h3-7H,2,17H2,1H3,(H,18,19). The molecule has 0 aliphatic carbocycles. The molecule has 0 unspecified atom stereocenters. The summed E-state index contributed by atoms with van der Waals surface area (Å²) in [4.78, 5) is 16.0. The monoisotopic (exact) mass is 325 g/mol. The van der Waals surface area contributed by atoms with Crippen molar-refractivity contribution in [3.8, 4) is 0 Å². The van der Waals surface area contributed by atoms with Crippen molar-refractivity contribution in [3.05, 3.63) is 46.1 Å². The van der Waals surface area contributed by atoms with Gasteiger partial charge in [-0.15, -0.1) is 0 Å². The van der Waals surface area contributed by atoms with Gasteiger partial charge in [-0.05, 0) is 31.2 Å². The van der Waals surface area contributed by atoms with E-state index in [0.29, 0.717) is 27.2 Å². The first-order valence-corrected chi connectivity index (χ1v) is 6.91. The topological polar surface area (TPSA) is 77.2 Å². The number of ether oxygens (including phenoxy) is 1. The van der Waals surface area contributed by atoms with Crippen LogP contribution in [0.15, 0.2) is 30.5 Å². The zero-order valence-corrected chi connectivity index (χ0v) is 12.7. The van der Waals surface area contributed by atoms with Gasteiger partial charge >= 0.3 is 5.97 Å². The maximum absolute atomic E-state index is 11.9. The Morgan fingerprint density at radius 3 is 2.76 bits per heavy atom. The fraction of sp³-hybridized carbons (Fsp3) is 0.143. The molecule has 7 heteroatoms. The molecule has 0 saturated carbocycles. The first kappa shape index (κ1) is 15.4. The number of halogens is 2. The second-order valence-electron chi connectivity index (χ2n) is 4.14. The summed E-state index contributed by atoms with van der Waals surface area (Å²) < 4.78 is 4.98. The number of benzene rings is 1. The summed E-state index contributed by atoms with van der Waals surface area (Å²) in [6.45, 7) is 1.99. The van der Waals surface area contributed by atoms with Crippen molar-refractivity contribution in [2.45, 2.75) is 6.92 Å². The minimum atomic E-state index is -0.500. The number of nitrogens with zero attached hydrogens (tertiary/aromatic N) is 1. The highest BCUT2D eigenvalue weighted by Crippen LogP contribution is 2.28. The Kier molecular flexibility index (Phi) is 4.88. The van der Waals surface area contributed by atoms with Crippen LogP contribution < -0.4 is 11.1 Å². The van der Waals surface area contributed by atoms with Crippen LogP contribution in [0.1, 0.15) is 17.3 Å². The highest BCUT2D eigenvalue weighted by molar-refractivity contribution is 6.42. The Morgan fingerprint density at radius 1 is 1.33 bits per heavy atom. The molecule has 0 saturated heterocycles. The predicted molar refractivity (Wildman–Crippen MR) is 84.4 cm³/mol. The van der Waals surface area contributed by atoms with Crippen molar-refractivity contribution < 1.29 is 9.53 Å². The number of nitrogens with one attached hydrogen (secondary N) is 1. The molecule has 2 aromatic rings. The quantitative estimate of drug-likeness (QED) is 0.834. The van der Waals surface area contributed by atoms with Gasteiger partial charge in [0.1, 0.15) is 11.4 Å². The van der Waals surface area contributed by atoms with Crippen LogP contribution in [-0.4, -0.2) is 17.6 Å². The van der Waals surface area contributed by atoms with Gasteiger partial charge in [-0.3, -0.25) is 0 Å². The number of esters is 1. The van der Waals surface area contributed by atoms with Crippen LogP contribution in [-0.2, 0) is 4.74 Å². The molecule has 5 nitrogen and oxygen atoms in total. The molecule has 3 N–H and O–H groups in total. The number of carbonyl (C=O) groups excluding carboxylic acids is 1. The van der Waals surface area contributed by atoms with E-state index in [1.807, 2.05) is 0 Å². The lowest BCUT2D eigenvalue weighted by Crippen LogP contribution is -2.10. The highest BCUT2D eigenvalue weighted by atomic mass is 35.5. The minimum Gasteiger partial charge on any atom is -0.462 e. The summed E-state index contributed by atoms with van der Waals surface area (Å²) in [5, 5.41) is 3.84. The zero-order valence-electron chi connectivity index (χ0n) is 11.2. The van der Waals surface area contributed by atoms with Crippen molar-refractivity contribution in [3.63, 3.8) is 0 Å². The van der Waals surface area contributed by atoms with Crippen LogP contribution in [0.5, 0.6) is 0 Å². The summed E-state index contributed by atoms with van der Waals surface area (Å²) in [5.41, 5.74) is 6.93. The van der Waals surface area contributed by atoms with Gasteiger partial charge in [0, 0.05) is 5.69 Å². The Hall–Kier alpha value is -1.98. The van der Waals surface area contributed by atoms with Gasteiger partial charge in [0.15, 0.2) is 0 Å². The number of hydrogen-bond acceptors (Lipinski definition) is 5. The van der Waals surface area contributed by atoms with Crippen molar-refractivity contribution in [1.82, 2.24) is 4.98 Å².